The Morgan fingerprint density at radius 3 is 2.73 bits per heavy atom. The topological polar surface area (TPSA) is 50.4 Å². The van der Waals surface area contributed by atoms with Gasteiger partial charge in [-0.15, -0.1) is 12.4 Å². The number of hydrogen-bond donors (Lipinski definition) is 2. The lowest BCUT2D eigenvalue weighted by Gasteiger charge is -2.22. The Bertz CT molecular complexity index is 500. The molecular weight excluding hydrogens is 382 g/mol. The van der Waals surface area contributed by atoms with Gasteiger partial charge in [0.1, 0.15) is 5.75 Å². The van der Waals surface area contributed by atoms with Gasteiger partial charge in [0, 0.05) is 22.5 Å². The number of carbonyl (C=O) groups is 1. The predicted octanol–water partition coefficient (Wildman–Crippen LogP) is 3.09. The third-order valence-corrected chi connectivity index (χ3v) is 3.89. The third kappa shape index (κ3) is 5.70. The van der Waals surface area contributed by atoms with Crippen LogP contribution in [0.1, 0.15) is 18.4 Å². The van der Waals surface area contributed by atoms with Crippen LogP contribution in [0.3, 0.4) is 0 Å². The highest BCUT2D eigenvalue weighted by Crippen LogP contribution is 2.25. The molecule has 2 N–H and O–H groups in total. The largest absolute Gasteiger partial charge is 0.434 e. The van der Waals surface area contributed by atoms with Crippen molar-refractivity contribution in [2.45, 2.75) is 26.0 Å². The first kappa shape index (κ1) is 19.1. The highest BCUT2D eigenvalue weighted by molar-refractivity contribution is 9.10. The van der Waals surface area contributed by atoms with Gasteiger partial charge >= 0.3 is 6.61 Å². The van der Waals surface area contributed by atoms with Gasteiger partial charge in [0.05, 0.1) is 0 Å². The zero-order valence-electron chi connectivity index (χ0n) is 11.8. The number of carbonyl (C=O) groups excluding carboxylic acids is 1. The molecular formula is C14H18BrClF2N2O2. The normalized spacial score (nSPS) is 15.3. The van der Waals surface area contributed by atoms with Gasteiger partial charge in [-0.05, 0) is 44.1 Å². The van der Waals surface area contributed by atoms with Crippen LogP contribution in [0.15, 0.2) is 22.7 Å². The van der Waals surface area contributed by atoms with Crippen LogP contribution >= 0.6 is 28.3 Å². The minimum absolute atomic E-state index is 0. The molecule has 1 aliphatic rings. The van der Waals surface area contributed by atoms with E-state index in [1.54, 1.807) is 12.1 Å². The number of rotatable bonds is 5. The summed E-state index contributed by atoms with van der Waals surface area (Å²) in [6, 6.07) is 4.75. The van der Waals surface area contributed by atoms with Crippen LogP contribution in [0.2, 0.25) is 0 Å². The molecule has 0 saturated carbocycles. The number of piperidine rings is 1. The first-order valence-corrected chi connectivity index (χ1v) is 7.57. The van der Waals surface area contributed by atoms with Crippen LogP contribution < -0.4 is 15.4 Å². The van der Waals surface area contributed by atoms with Gasteiger partial charge in [0.2, 0.25) is 5.91 Å². The van der Waals surface area contributed by atoms with Gasteiger partial charge < -0.3 is 15.4 Å². The summed E-state index contributed by atoms with van der Waals surface area (Å²) in [4.78, 5) is 12.1. The second kappa shape index (κ2) is 9.27. The molecule has 2 rings (SSSR count). The summed E-state index contributed by atoms with van der Waals surface area (Å²) in [5.41, 5.74) is 0.520. The van der Waals surface area contributed by atoms with Gasteiger partial charge in [0.15, 0.2) is 0 Å². The number of halogens is 4. The van der Waals surface area contributed by atoms with Crippen molar-refractivity contribution in [2.24, 2.45) is 5.92 Å². The van der Waals surface area contributed by atoms with E-state index in [1.165, 1.54) is 6.07 Å². The minimum Gasteiger partial charge on any atom is -0.434 e. The van der Waals surface area contributed by atoms with Crippen LogP contribution in [0.4, 0.5) is 8.78 Å². The molecule has 0 aliphatic carbocycles. The summed E-state index contributed by atoms with van der Waals surface area (Å²) >= 11 is 3.28. The molecule has 1 heterocycles. The van der Waals surface area contributed by atoms with Crippen LogP contribution in [-0.2, 0) is 11.3 Å². The molecule has 4 nitrogen and oxygen atoms in total. The fourth-order valence-corrected chi connectivity index (χ4v) is 2.72. The molecule has 1 aliphatic heterocycles. The number of nitrogens with one attached hydrogen (secondary N) is 2. The summed E-state index contributed by atoms with van der Waals surface area (Å²) in [6.45, 7) is -1.06. The second-order valence-corrected chi connectivity index (χ2v) is 5.79. The van der Waals surface area contributed by atoms with E-state index < -0.39 is 6.61 Å². The maximum absolute atomic E-state index is 12.4. The molecule has 1 saturated heterocycles. The molecule has 124 valence electrons. The van der Waals surface area contributed by atoms with E-state index in [2.05, 4.69) is 31.3 Å². The molecule has 0 aromatic heterocycles. The van der Waals surface area contributed by atoms with E-state index in [0.717, 1.165) is 30.4 Å². The fraction of sp³-hybridized carbons (Fsp3) is 0.500. The molecule has 1 amide bonds. The first-order chi connectivity index (χ1) is 10.1. The molecule has 0 spiro atoms. The van der Waals surface area contributed by atoms with Gasteiger partial charge in [0.25, 0.3) is 0 Å². The molecule has 1 fully saturated rings. The average molecular weight is 400 g/mol. The molecule has 0 unspecified atom stereocenters. The maximum atomic E-state index is 12.4. The van der Waals surface area contributed by atoms with E-state index in [1.807, 2.05) is 0 Å². The van der Waals surface area contributed by atoms with Gasteiger partial charge in [-0.25, -0.2) is 0 Å². The Balaban J connectivity index is 0.00000242. The SMILES string of the molecule is Cl.O=C(NCc1cc(Br)ccc1OC(F)F)C1CCNCC1. The summed E-state index contributed by atoms with van der Waals surface area (Å²) in [5, 5.41) is 5.99. The molecule has 22 heavy (non-hydrogen) atoms. The van der Waals surface area contributed by atoms with Crippen LogP contribution in [0.25, 0.3) is 0 Å². The van der Waals surface area contributed by atoms with Gasteiger partial charge in [-0.1, -0.05) is 15.9 Å². The Labute approximate surface area is 142 Å². The number of benzene rings is 1. The minimum atomic E-state index is -2.88. The molecule has 8 heteroatoms. The highest BCUT2D eigenvalue weighted by atomic mass is 79.9. The van der Waals surface area contributed by atoms with Gasteiger partial charge in [-0.3, -0.25) is 4.79 Å². The van der Waals surface area contributed by atoms with Crippen molar-refractivity contribution >= 4 is 34.2 Å². The van der Waals surface area contributed by atoms with Crippen molar-refractivity contribution in [1.82, 2.24) is 10.6 Å². The molecule has 0 atom stereocenters. The highest BCUT2D eigenvalue weighted by Gasteiger charge is 2.21. The Hall–Kier alpha value is -0.920. The van der Waals surface area contributed by atoms with Crippen LogP contribution in [0, 0.1) is 5.92 Å². The van der Waals surface area contributed by atoms with E-state index in [9.17, 15) is 13.6 Å². The van der Waals surface area contributed by atoms with Crippen molar-refractivity contribution in [3.8, 4) is 5.75 Å². The zero-order valence-corrected chi connectivity index (χ0v) is 14.2. The number of ether oxygens (including phenoxy) is 1. The third-order valence-electron chi connectivity index (χ3n) is 3.40. The molecule has 0 radical (unpaired) electrons. The summed E-state index contributed by atoms with van der Waals surface area (Å²) < 4.78 is 29.9. The van der Waals surface area contributed by atoms with Crippen LogP contribution in [-0.4, -0.2) is 25.6 Å². The van der Waals surface area contributed by atoms with E-state index >= 15 is 0 Å². The van der Waals surface area contributed by atoms with Crippen LogP contribution in [0.5, 0.6) is 5.75 Å². The summed E-state index contributed by atoms with van der Waals surface area (Å²) in [5.74, 6) is 0.0242. The van der Waals surface area contributed by atoms with E-state index in [0.29, 0.717) is 5.56 Å². The number of hydrogen-bond acceptors (Lipinski definition) is 3. The molecule has 1 aromatic rings. The van der Waals surface area contributed by atoms with E-state index in [4.69, 9.17) is 0 Å². The standard InChI is InChI=1S/C14H17BrF2N2O2.ClH/c15-11-1-2-12(21-14(16)17)10(7-11)8-19-13(20)9-3-5-18-6-4-9;/h1-2,7,9,14,18H,3-6,8H2,(H,19,20);1H. The fourth-order valence-electron chi connectivity index (χ4n) is 2.31. The monoisotopic (exact) mass is 398 g/mol. The van der Waals surface area contributed by atoms with Crippen molar-refractivity contribution in [1.29, 1.82) is 0 Å². The Kier molecular flexibility index (Phi) is 8.06. The second-order valence-electron chi connectivity index (χ2n) is 4.87. The van der Waals surface area contributed by atoms with Crippen molar-refractivity contribution in [3.63, 3.8) is 0 Å². The first-order valence-electron chi connectivity index (χ1n) is 6.78. The van der Waals surface area contributed by atoms with Crippen molar-refractivity contribution in [2.75, 3.05) is 13.1 Å². The Morgan fingerprint density at radius 1 is 1.41 bits per heavy atom. The maximum Gasteiger partial charge on any atom is 0.387 e. The molecule has 1 aromatic carbocycles. The predicted molar refractivity (Wildman–Crippen MR) is 85.5 cm³/mol. The summed E-state index contributed by atoms with van der Waals surface area (Å²) in [6.07, 6.45) is 1.59. The average Bonchev–Trinajstić information content (AvgIpc) is 2.47. The zero-order chi connectivity index (χ0) is 15.2. The summed E-state index contributed by atoms with van der Waals surface area (Å²) in [7, 11) is 0. The lowest BCUT2D eigenvalue weighted by atomic mass is 9.97. The van der Waals surface area contributed by atoms with Gasteiger partial charge in [-0.2, -0.15) is 8.78 Å². The molecule has 0 bridgehead atoms. The van der Waals surface area contributed by atoms with Crippen molar-refractivity contribution in [3.05, 3.63) is 28.2 Å². The lowest BCUT2D eigenvalue weighted by molar-refractivity contribution is -0.125. The van der Waals surface area contributed by atoms with Crippen molar-refractivity contribution < 1.29 is 18.3 Å². The number of alkyl halides is 2. The quantitative estimate of drug-likeness (QED) is 0.800. The lowest BCUT2D eigenvalue weighted by Crippen LogP contribution is -2.37. The number of amides is 1. The smallest absolute Gasteiger partial charge is 0.387 e. The Morgan fingerprint density at radius 2 is 2.09 bits per heavy atom. The van der Waals surface area contributed by atoms with E-state index in [-0.39, 0.29) is 36.5 Å².